The minimum Gasteiger partial charge on any atom is -0.313 e. The highest BCUT2D eigenvalue weighted by atomic mass is 15.2. The van der Waals surface area contributed by atoms with Gasteiger partial charge >= 0.3 is 0 Å². The fourth-order valence-electron chi connectivity index (χ4n) is 7.36. The van der Waals surface area contributed by atoms with Gasteiger partial charge in [0.05, 0.1) is 0 Å². The first-order chi connectivity index (χ1) is 11.4. The van der Waals surface area contributed by atoms with Gasteiger partial charge in [-0.1, -0.05) is 12.8 Å². The Morgan fingerprint density at radius 1 is 0.826 bits per heavy atom. The number of nitrogens with zero attached hydrogens (tertiary/aromatic N) is 1. The second-order valence-electron chi connectivity index (χ2n) is 9.30. The van der Waals surface area contributed by atoms with Gasteiger partial charge in [-0.05, 0) is 82.8 Å². The molecule has 0 spiro atoms. The third-order valence-corrected chi connectivity index (χ3v) is 8.16. The van der Waals surface area contributed by atoms with Crippen molar-refractivity contribution in [3.8, 4) is 0 Å². The molecule has 5 fully saturated rings. The highest BCUT2D eigenvalue weighted by molar-refractivity contribution is 5.14. The van der Waals surface area contributed by atoms with Crippen LogP contribution in [0.3, 0.4) is 0 Å². The second kappa shape index (κ2) is 6.00. The lowest BCUT2D eigenvalue weighted by Crippen LogP contribution is -2.72. The highest BCUT2D eigenvalue weighted by Crippen LogP contribution is 2.55. The highest BCUT2D eigenvalue weighted by Gasteiger charge is 2.58. The Morgan fingerprint density at radius 2 is 1.74 bits per heavy atom. The fraction of sp³-hybridized carbons (Fsp3) is 1.00. The Hall–Kier alpha value is -0.120. The molecular formula is C20H35N3. The van der Waals surface area contributed by atoms with Crippen LogP contribution in [-0.4, -0.2) is 49.2 Å². The molecule has 23 heavy (non-hydrogen) atoms. The topological polar surface area (TPSA) is 27.3 Å². The molecule has 3 heteroatoms. The molecule has 4 heterocycles. The van der Waals surface area contributed by atoms with E-state index in [1.165, 1.54) is 90.4 Å². The molecule has 2 N–H and O–H groups in total. The van der Waals surface area contributed by atoms with E-state index in [4.69, 9.17) is 0 Å². The van der Waals surface area contributed by atoms with Crippen molar-refractivity contribution in [2.45, 2.75) is 82.3 Å². The van der Waals surface area contributed by atoms with E-state index in [0.29, 0.717) is 5.41 Å². The van der Waals surface area contributed by atoms with Gasteiger partial charge in [-0.25, -0.2) is 0 Å². The lowest BCUT2D eigenvalue weighted by Gasteiger charge is -2.64. The minimum absolute atomic E-state index is 0.530. The van der Waals surface area contributed by atoms with Crippen LogP contribution in [0.1, 0.15) is 64.2 Å². The molecule has 0 aromatic rings. The molecule has 0 amide bonds. The number of rotatable bonds is 1. The lowest BCUT2D eigenvalue weighted by atomic mass is 9.52. The summed E-state index contributed by atoms with van der Waals surface area (Å²) in [6.07, 6.45) is 14.6. The molecule has 0 radical (unpaired) electrons. The molecule has 0 unspecified atom stereocenters. The molecule has 4 aliphatic heterocycles. The van der Waals surface area contributed by atoms with Gasteiger partial charge in [0.25, 0.3) is 0 Å². The lowest BCUT2D eigenvalue weighted by molar-refractivity contribution is -0.117. The summed E-state index contributed by atoms with van der Waals surface area (Å²) in [5, 5.41) is 8.04. The molecular weight excluding hydrogens is 282 g/mol. The van der Waals surface area contributed by atoms with Crippen LogP contribution in [0.25, 0.3) is 0 Å². The second-order valence-corrected chi connectivity index (χ2v) is 9.30. The smallest absolute Gasteiger partial charge is 0.0179 e. The number of hydrogen-bond donors (Lipinski definition) is 2. The summed E-state index contributed by atoms with van der Waals surface area (Å²) in [6, 6.07) is 2.51. The van der Waals surface area contributed by atoms with Crippen molar-refractivity contribution in [2.75, 3.05) is 26.2 Å². The monoisotopic (exact) mass is 317 g/mol. The first kappa shape index (κ1) is 15.2. The van der Waals surface area contributed by atoms with Crippen LogP contribution in [0.5, 0.6) is 0 Å². The summed E-state index contributed by atoms with van der Waals surface area (Å²) in [6.45, 7) is 5.30. The van der Waals surface area contributed by atoms with E-state index in [1.54, 1.807) is 0 Å². The number of nitrogens with one attached hydrogen (secondary N) is 2. The zero-order valence-electron chi connectivity index (χ0n) is 14.7. The number of piperidine rings is 4. The summed E-state index contributed by atoms with van der Waals surface area (Å²) in [7, 11) is 0. The number of fused-ring (bicyclic) bond motifs is 6. The van der Waals surface area contributed by atoms with Gasteiger partial charge in [0.2, 0.25) is 0 Å². The van der Waals surface area contributed by atoms with Gasteiger partial charge in [-0.15, -0.1) is 0 Å². The van der Waals surface area contributed by atoms with E-state index in [1.807, 2.05) is 0 Å². The van der Waals surface area contributed by atoms with Crippen LogP contribution in [0.4, 0.5) is 0 Å². The van der Waals surface area contributed by atoms with E-state index >= 15 is 0 Å². The Morgan fingerprint density at radius 3 is 2.65 bits per heavy atom. The summed E-state index contributed by atoms with van der Waals surface area (Å²) in [4.78, 5) is 2.94. The van der Waals surface area contributed by atoms with Crippen molar-refractivity contribution in [3.05, 3.63) is 0 Å². The van der Waals surface area contributed by atoms with Crippen molar-refractivity contribution >= 4 is 0 Å². The summed E-state index contributed by atoms with van der Waals surface area (Å²) < 4.78 is 0. The van der Waals surface area contributed by atoms with Gasteiger partial charge in [-0.3, -0.25) is 4.90 Å². The zero-order valence-corrected chi connectivity index (χ0v) is 14.7. The van der Waals surface area contributed by atoms with Gasteiger partial charge in [0.15, 0.2) is 0 Å². The predicted molar refractivity (Wildman–Crippen MR) is 94.5 cm³/mol. The Kier molecular flexibility index (Phi) is 3.95. The van der Waals surface area contributed by atoms with Crippen molar-refractivity contribution in [1.82, 2.24) is 15.5 Å². The molecule has 0 aromatic heterocycles. The molecule has 1 saturated carbocycles. The summed E-state index contributed by atoms with van der Waals surface area (Å²) >= 11 is 0. The Bertz CT molecular complexity index is 431. The van der Waals surface area contributed by atoms with Gasteiger partial charge in [0, 0.05) is 30.1 Å². The van der Waals surface area contributed by atoms with Crippen LogP contribution < -0.4 is 10.6 Å². The van der Waals surface area contributed by atoms with Crippen molar-refractivity contribution in [1.29, 1.82) is 0 Å². The van der Waals surface area contributed by atoms with Crippen molar-refractivity contribution in [2.24, 2.45) is 17.3 Å². The fourth-order valence-corrected chi connectivity index (χ4v) is 7.36. The SMILES string of the molecule is C1CC[C@@H]([C@]23C[C@@H](C[C@@H]4CCCN[C@@H]42)[C@H]2CCCCN2C3)NC1. The maximum Gasteiger partial charge on any atom is 0.0179 e. The third-order valence-electron chi connectivity index (χ3n) is 8.16. The Labute approximate surface area is 142 Å². The van der Waals surface area contributed by atoms with Crippen LogP contribution >= 0.6 is 0 Å². The van der Waals surface area contributed by atoms with E-state index in [2.05, 4.69) is 15.5 Å². The molecule has 0 aromatic carbocycles. The third kappa shape index (κ3) is 2.41. The van der Waals surface area contributed by atoms with Crippen LogP contribution in [0, 0.1) is 17.3 Å². The molecule has 2 bridgehead atoms. The standard InChI is InChI=1S/C20H35N3/c1-3-9-21-18(8-1)20-13-16(12-15-6-5-10-22-19(15)20)17-7-2-4-11-23(17)14-20/h15-19,21-22H,1-14H2/t15-,16+,17+,18-,19-,20+/m0/s1. The molecule has 6 atom stereocenters. The van der Waals surface area contributed by atoms with Crippen molar-refractivity contribution < 1.29 is 0 Å². The maximum atomic E-state index is 4.04. The summed E-state index contributed by atoms with van der Waals surface area (Å²) in [5.74, 6) is 1.96. The average Bonchev–Trinajstić information content (AvgIpc) is 2.63. The van der Waals surface area contributed by atoms with Crippen LogP contribution in [0.15, 0.2) is 0 Å². The quantitative estimate of drug-likeness (QED) is 0.779. The molecule has 130 valence electrons. The number of hydrogen-bond acceptors (Lipinski definition) is 3. The van der Waals surface area contributed by atoms with E-state index in [9.17, 15) is 0 Å². The summed E-state index contributed by atoms with van der Waals surface area (Å²) in [5.41, 5.74) is 0.530. The predicted octanol–water partition coefficient (Wildman–Crippen LogP) is 2.76. The molecule has 5 aliphatic rings. The van der Waals surface area contributed by atoms with Gasteiger partial charge in [-0.2, -0.15) is 0 Å². The largest absolute Gasteiger partial charge is 0.313 e. The molecule has 5 rings (SSSR count). The average molecular weight is 318 g/mol. The van der Waals surface area contributed by atoms with Gasteiger partial charge < -0.3 is 10.6 Å². The first-order valence-electron chi connectivity index (χ1n) is 10.6. The van der Waals surface area contributed by atoms with E-state index in [-0.39, 0.29) is 0 Å². The zero-order chi connectivity index (χ0) is 15.3. The Balaban J connectivity index is 1.50. The minimum atomic E-state index is 0.530. The molecule has 1 aliphatic carbocycles. The molecule has 4 saturated heterocycles. The van der Waals surface area contributed by atoms with Gasteiger partial charge in [0.1, 0.15) is 0 Å². The van der Waals surface area contributed by atoms with E-state index < -0.39 is 0 Å². The normalized spacial score (nSPS) is 50.9. The molecule has 3 nitrogen and oxygen atoms in total. The van der Waals surface area contributed by atoms with Crippen LogP contribution in [0.2, 0.25) is 0 Å². The maximum absolute atomic E-state index is 4.04. The van der Waals surface area contributed by atoms with Crippen molar-refractivity contribution in [3.63, 3.8) is 0 Å². The van der Waals surface area contributed by atoms with Crippen LogP contribution in [-0.2, 0) is 0 Å². The van der Waals surface area contributed by atoms with E-state index in [0.717, 1.165) is 30.0 Å². The first-order valence-corrected chi connectivity index (χ1v) is 10.6.